The molecule has 3 nitrogen and oxygen atoms in total. The summed E-state index contributed by atoms with van der Waals surface area (Å²) in [4.78, 5) is 15.2. The monoisotopic (exact) mass is 233 g/mol. The third kappa shape index (κ3) is 3.29. The summed E-state index contributed by atoms with van der Waals surface area (Å²) in [6, 6.07) is 4.05. The first-order valence-electron chi connectivity index (χ1n) is 6.46. The molecular weight excluding hydrogens is 212 g/mol. The van der Waals surface area contributed by atoms with Crippen molar-refractivity contribution in [1.82, 2.24) is 0 Å². The van der Waals surface area contributed by atoms with Crippen molar-refractivity contribution in [2.45, 2.75) is 46.0 Å². The molecule has 2 rings (SSSR count). The molecule has 1 saturated carbocycles. The highest BCUT2D eigenvalue weighted by Crippen LogP contribution is 2.24. The van der Waals surface area contributed by atoms with E-state index in [1.807, 2.05) is 19.9 Å². The number of carbonyl (C=O) groups excluding carboxylic acids is 1. The molecule has 1 aliphatic rings. The van der Waals surface area contributed by atoms with Crippen LogP contribution in [0.15, 0.2) is 12.1 Å². The van der Waals surface area contributed by atoms with Gasteiger partial charge >= 0.3 is 5.91 Å². The van der Waals surface area contributed by atoms with E-state index in [1.54, 1.807) is 0 Å². The van der Waals surface area contributed by atoms with Crippen LogP contribution in [0.4, 0.5) is 5.82 Å². The van der Waals surface area contributed by atoms with Crippen LogP contribution in [-0.2, 0) is 4.79 Å². The van der Waals surface area contributed by atoms with Crippen LogP contribution in [0.1, 0.15) is 43.4 Å². The third-order valence-corrected chi connectivity index (χ3v) is 3.38. The van der Waals surface area contributed by atoms with Gasteiger partial charge in [0.15, 0.2) is 0 Å². The Morgan fingerprint density at radius 2 is 1.94 bits per heavy atom. The largest absolute Gasteiger partial charge is 0.310 e. The van der Waals surface area contributed by atoms with Gasteiger partial charge in [0.2, 0.25) is 0 Å². The van der Waals surface area contributed by atoms with Crippen LogP contribution < -0.4 is 10.3 Å². The summed E-state index contributed by atoms with van der Waals surface area (Å²) in [6.07, 6.45) is 5.73. The summed E-state index contributed by atoms with van der Waals surface area (Å²) < 4.78 is 0. The second-order valence-corrected chi connectivity index (χ2v) is 5.08. The second kappa shape index (κ2) is 5.30. The van der Waals surface area contributed by atoms with Gasteiger partial charge in [0.25, 0.3) is 5.82 Å². The van der Waals surface area contributed by atoms with Crippen LogP contribution in [0, 0.1) is 19.8 Å². The van der Waals surface area contributed by atoms with Crippen LogP contribution in [0.5, 0.6) is 0 Å². The lowest BCUT2D eigenvalue weighted by molar-refractivity contribution is -0.370. The first kappa shape index (κ1) is 12.1. The average Bonchev–Trinajstić information content (AvgIpc) is 2.28. The van der Waals surface area contributed by atoms with E-state index < -0.39 is 0 Å². The van der Waals surface area contributed by atoms with Gasteiger partial charge in [-0.25, -0.2) is 15.1 Å². The normalized spacial score (nSPS) is 16.8. The molecule has 0 bridgehead atoms. The number of aromatic nitrogens is 1. The van der Waals surface area contributed by atoms with Gasteiger partial charge in [-0.3, -0.25) is 0 Å². The topological polar surface area (TPSA) is 43.2 Å². The Bertz CT molecular complexity index is 388. The minimum absolute atomic E-state index is 0.172. The van der Waals surface area contributed by atoms with Crippen molar-refractivity contribution in [2.24, 2.45) is 5.92 Å². The van der Waals surface area contributed by atoms with Gasteiger partial charge in [0.1, 0.15) is 0 Å². The fraction of sp³-hybridized carbons (Fsp3) is 0.571. The molecule has 1 amide bonds. The number of carbonyl (C=O) groups is 1. The molecule has 0 aromatic carbocycles. The molecule has 3 heteroatoms. The molecule has 0 saturated heterocycles. The zero-order valence-corrected chi connectivity index (χ0v) is 10.7. The number of H-pyrrole nitrogens is 1. The Hall–Kier alpha value is -1.38. The van der Waals surface area contributed by atoms with Gasteiger partial charge in [0, 0.05) is 6.07 Å². The molecule has 92 valence electrons. The fourth-order valence-corrected chi connectivity index (χ4v) is 2.56. The molecule has 1 aromatic heterocycles. The molecule has 2 N–H and O–H groups in total. The highest BCUT2D eigenvalue weighted by Gasteiger charge is 2.25. The number of hydrogen-bond acceptors (Lipinski definition) is 1. The highest BCUT2D eigenvalue weighted by atomic mass is 16.1. The SMILES string of the molecule is Cc1cc(C)[nH+]c(NC(=O)C2CCCCC2)c1. The molecule has 0 aliphatic heterocycles. The van der Waals surface area contributed by atoms with Crippen molar-refractivity contribution in [2.75, 3.05) is 5.32 Å². The molecule has 1 aliphatic carbocycles. The van der Waals surface area contributed by atoms with E-state index in [4.69, 9.17) is 0 Å². The second-order valence-electron chi connectivity index (χ2n) is 5.08. The maximum absolute atomic E-state index is 12.1. The molecule has 17 heavy (non-hydrogen) atoms. The zero-order chi connectivity index (χ0) is 12.3. The molecule has 0 unspecified atom stereocenters. The molecule has 0 atom stereocenters. The number of aryl methyl sites for hydroxylation is 2. The van der Waals surface area contributed by atoms with E-state index in [1.165, 1.54) is 24.8 Å². The van der Waals surface area contributed by atoms with E-state index in [0.717, 1.165) is 24.4 Å². The van der Waals surface area contributed by atoms with Crippen LogP contribution in [-0.4, -0.2) is 5.91 Å². The van der Waals surface area contributed by atoms with Crippen LogP contribution in [0.2, 0.25) is 0 Å². The lowest BCUT2D eigenvalue weighted by atomic mass is 9.89. The van der Waals surface area contributed by atoms with Crippen LogP contribution in [0.25, 0.3) is 0 Å². The molecule has 1 heterocycles. The first-order chi connectivity index (χ1) is 8.15. The van der Waals surface area contributed by atoms with E-state index in [0.29, 0.717) is 0 Å². The van der Waals surface area contributed by atoms with Gasteiger partial charge < -0.3 is 0 Å². The molecule has 0 spiro atoms. The smallest absolute Gasteiger partial charge is 0.247 e. The molecule has 0 radical (unpaired) electrons. The Labute approximate surface area is 103 Å². The Morgan fingerprint density at radius 1 is 1.24 bits per heavy atom. The first-order valence-corrected chi connectivity index (χ1v) is 6.46. The van der Waals surface area contributed by atoms with E-state index in [-0.39, 0.29) is 11.8 Å². The standard InChI is InChI=1S/C14H20N2O/c1-10-8-11(2)15-13(9-10)16-14(17)12-6-4-3-5-7-12/h8-9,12H,3-7H2,1-2H3,(H,15,16,17)/p+1. The maximum Gasteiger partial charge on any atom is 0.310 e. The van der Waals surface area contributed by atoms with Crippen molar-refractivity contribution < 1.29 is 9.78 Å². The van der Waals surface area contributed by atoms with Gasteiger partial charge in [-0.15, -0.1) is 0 Å². The molecule has 1 aromatic rings. The number of pyridine rings is 1. The number of nitrogens with one attached hydrogen (secondary N) is 2. The van der Waals surface area contributed by atoms with Crippen molar-refractivity contribution in [3.63, 3.8) is 0 Å². The lowest BCUT2D eigenvalue weighted by Crippen LogP contribution is -2.28. The molecule has 1 fully saturated rings. The van der Waals surface area contributed by atoms with E-state index in [9.17, 15) is 4.79 Å². The van der Waals surface area contributed by atoms with Crippen LogP contribution in [0.3, 0.4) is 0 Å². The van der Waals surface area contributed by atoms with E-state index >= 15 is 0 Å². The zero-order valence-electron chi connectivity index (χ0n) is 10.7. The summed E-state index contributed by atoms with van der Waals surface area (Å²) in [5.41, 5.74) is 2.24. The van der Waals surface area contributed by atoms with Crippen molar-refractivity contribution >= 4 is 11.7 Å². The fourth-order valence-electron chi connectivity index (χ4n) is 2.56. The predicted octanol–water partition coefficient (Wildman–Crippen LogP) is 2.64. The third-order valence-electron chi connectivity index (χ3n) is 3.38. The minimum Gasteiger partial charge on any atom is -0.247 e. The summed E-state index contributed by atoms with van der Waals surface area (Å²) in [6.45, 7) is 4.04. The minimum atomic E-state index is 0.172. The number of rotatable bonds is 2. The highest BCUT2D eigenvalue weighted by molar-refractivity contribution is 5.91. The lowest BCUT2D eigenvalue weighted by Gasteiger charge is -2.17. The van der Waals surface area contributed by atoms with Gasteiger partial charge in [-0.2, -0.15) is 0 Å². The van der Waals surface area contributed by atoms with Crippen molar-refractivity contribution in [1.29, 1.82) is 0 Å². The average molecular weight is 233 g/mol. The Kier molecular flexibility index (Phi) is 3.77. The van der Waals surface area contributed by atoms with Crippen LogP contribution >= 0.6 is 0 Å². The predicted molar refractivity (Wildman–Crippen MR) is 67.7 cm³/mol. The quantitative estimate of drug-likeness (QED) is 0.838. The number of hydrogen-bond donors (Lipinski definition) is 1. The van der Waals surface area contributed by atoms with Crippen molar-refractivity contribution in [3.8, 4) is 0 Å². The van der Waals surface area contributed by atoms with Gasteiger partial charge in [0.05, 0.1) is 11.6 Å². The number of aromatic amines is 1. The van der Waals surface area contributed by atoms with Gasteiger partial charge in [-0.05, 0) is 38.3 Å². The van der Waals surface area contributed by atoms with Gasteiger partial charge in [-0.1, -0.05) is 19.3 Å². The summed E-state index contributed by atoms with van der Waals surface area (Å²) >= 11 is 0. The number of amides is 1. The Morgan fingerprint density at radius 3 is 2.59 bits per heavy atom. The Balaban J connectivity index is 2.01. The van der Waals surface area contributed by atoms with E-state index in [2.05, 4.69) is 16.4 Å². The summed E-state index contributed by atoms with van der Waals surface area (Å²) in [5, 5.41) is 3.00. The summed E-state index contributed by atoms with van der Waals surface area (Å²) in [5.74, 6) is 1.20. The maximum atomic E-state index is 12.1. The summed E-state index contributed by atoms with van der Waals surface area (Å²) in [7, 11) is 0. The molecular formula is C14H21N2O+. The van der Waals surface area contributed by atoms with Crippen molar-refractivity contribution in [3.05, 3.63) is 23.4 Å². The number of anilines is 1.